The van der Waals surface area contributed by atoms with Gasteiger partial charge in [-0.2, -0.15) is 0 Å². The maximum absolute atomic E-state index is 13.4. The Bertz CT molecular complexity index is 1180. The first kappa shape index (κ1) is 16.5. The molecule has 3 aromatic carbocycles. The fourth-order valence-corrected chi connectivity index (χ4v) is 3.32. The maximum Gasteiger partial charge on any atom is 0.264 e. The van der Waals surface area contributed by atoms with Gasteiger partial charge in [0.05, 0.1) is 11.0 Å². The van der Waals surface area contributed by atoms with Crippen LogP contribution in [0, 0.1) is 5.82 Å². The van der Waals surface area contributed by atoms with Gasteiger partial charge in [-0.1, -0.05) is 18.2 Å². The highest BCUT2D eigenvalue weighted by Crippen LogP contribution is 2.36. The Kier molecular flexibility index (Phi) is 3.83. The number of aromatic nitrogens is 2. The second-order valence-corrected chi connectivity index (χ2v) is 6.43. The third-order valence-electron chi connectivity index (χ3n) is 4.64. The maximum atomic E-state index is 13.4. The smallest absolute Gasteiger partial charge is 0.264 e. The SMILES string of the molecule is O=C(c1ccccc1)n1c(-c2ccc(F)cc2)nc2cc3c(cc21)OCCO3. The van der Waals surface area contributed by atoms with Gasteiger partial charge in [0.25, 0.3) is 5.91 Å². The van der Waals surface area contributed by atoms with Crippen LogP contribution in [0.3, 0.4) is 0 Å². The summed E-state index contributed by atoms with van der Waals surface area (Å²) in [6.45, 7) is 0.914. The van der Waals surface area contributed by atoms with E-state index >= 15 is 0 Å². The van der Waals surface area contributed by atoms with Gasteiger partial charge in [-0.3, -0.25) is 9.36 Å². The second kappa shape index (κ2) is 6.49. The summed E-state index contributed by atoms with van der Waals surface area (Å²) in [5.74, 6) is 1.04. The summed E-state index contributed by atoms with van der Waals surface area (Å²) in [6, 6.07) is 18.4. The van der Waals surface area contributed by atoms with Crippen LogP contribution >= 0.6 is 0 Å². The fourth-order valence-electron chi connectivity index (χ4n) is 3.32. The highest BCUT2D eigenvalue weighted by Gasteiger charge is 2.23. The minimum atomic E-state index is -0.349. The molecule has 0 spiro atoms. The molecule has 138 valence electrons. The number of carbonyl (C=O) groups is 1. The van der Waals surface area contributed by atoms with Crippen LogP contribution in [0.1, 0.15) is 10.4 Å². The quantitative estimate of drug-likeness (QED) is 0.525. The van der Waals surface area contributed by atoms with Gasteiger partial charge in [0, 0.05) is 23.3 Å². The second-order valence-electron chi connectivity index (χ2n) is 6.43. The third-order valence-corrected chi connectivity index (χ3v) is 4.64. The van der Waals surface area contributed by atoms with Crippen molar-refractivity contribution in [2.24, 2.45) is 0 Å². The molecule has 5 rings (SSSR count). The number of imidazole rings is 1. The van der Waals surface area contributed by atoms with Gasteiger partial charge >= 0.3 is 0 Å². The zero-order chi connectivity index (χ0) is 19.1. The van der Waals surface area contributed by atoms with Gasteiger partial charge in [-0.05, 0) is 36.4 Å². The Balaban J connectivity index is 1.77. The molecule has 0 aliphatic carbocycles. The van der Waals surface area contributed by atoms with Crippen molar-refractivity contribution in [1.29, 1.82) is 0 Å². The molecule has 0 unspecified atom stereocenters. The average molecular weight is 374 g/mol. The van der Waals surface area contributed by atoms with Gasteiger partial charge in [0.2, 0.25) is 0 Å². The molecular formula is C22H15FN2O3. The topological polar surface area (TPSA) is 53.4 Å². The van der Waals surface area contributed by atoms with E-state index in [1.54, 1.807) is 36.4 Å². The molecule has 6 heteroatoms. The molecule has 2 heterocycles. The lowest BCUT2D eigenvalue weighted by molar-refractivity contribution is 0.0966. The number of benzene rings is 3. The molecule has 1 aliphatic rings. The number of rotatable bonds is 2. The van der Waals surface area contributed by atoms with Gasteiger partial charge in [-0.15, -0.1) is 0 Å². The molecule has 4 aromatic rings. The van der Waals surface area contributed by atoms with Gasteiger partial charge in [0.1, 0.15) is 24.9 Å². The summed E-state index contributed by atoms with van der Waals surface area (Å²) in [5.41, 5.74) is 2.38. The van der Waals surface area contributed by atoms with E-state index in [0.717, 1.165) is 0 Å². The first-order chi connectivity index (χ1) is 13.7. The van der Waals surface area contributed by atoms with Gasteiger partial charge in [0.15, 0.2) is 11.5 Å². The number of fused-ring (bicyclic) bond motifs is 2. The Morgan fingerprint density at radius 1 is 0.929 bits per heavy atom. The summed E-state index contributed by atoms with van der Waals surface area (Å²) in [5, 5.41) is 0. The largest absolute Gasteiger partial charge is 0.486 e. The summed E-state index contributed by atoms with van der Waals surface area (Å²) < 4.78 is 26.3. The van der Waals surface area contributed by atoms with Gasteiger partial charge < -0.3 is 9.47 Å². The van der Waals surface area contributed by atoms with Crippen LogP contribution in [-0.4, -0.2) is 28.7 Å². The molecule has 0 radical (unpaired) electrons. The zero-order valence-electron chi connectivity index (χ0n) is 14.8. The van der Waals surface area contributed by atoms with E-state index in [9.17, 15) is 9.18 Å². The van der Waals surface area contributed by atoms with Crippen LogP contribution in [0.15, 0.2) is 66.7 Å². The Hall–Kier alpha value is -3.67. The predicted molar refractivity (Wildman–Crippen MR) is 102 cm³/mol. The fraction of sp³-hybridized carbons (Fsp3) is 0.0909. The Morgan fingerprint density at radius 3 is 2.32 bits per heavy atom. The Morgan fingerprint density at radius 2 is 1.61 bits per heavy atom. The molecule has 1 aliphatic heterocycles. The molecule has 0 saturated heterocycles. The van der Waals surface area contributed by atoms with Crippen molar-refractivity contribution in [2.45, 2.75) is 0 Å². The summed E-state index contributed by atoms with van der Waals surface area (Å²) >= 11 is 0. The van der Waals surface area contributed by atoms with Crippen molar-refractivity contribution in [3.63, 3.8) is 0 Å². The van der Waals surface area contributed by atoms with Crippen LogP contribution in [0.2, 0.25) is 0 Å². The number of carbonyl (C=O) groups excluding carboxylic acids is 1. The van der Waals surface area contributed by atoms with Crippen molar-refractivity contribution in [2.75, 3.05) is 13.2 Å². The number of hydrogen-bond donors (Lipinski definition) is 0. The lowest BCUT2D eigenvalue weighted by atomic mass is 10.1. The summed E-state index contributed by atoms with van der Waals surface area (Å²) in [7, 11) is 0. The monoisotopic (exact) mass is 374 g/mol. The molecular weight excluding hydrogens is 359 g/mol. The molecule has 0 N–H and O–H groups in total. The minimum absolute atomic E-state index is 0.223. The minimum Gasteiger partial charge on any atom is -0.486 e. The molecule has 0 atom stereocenters. The van der Waals surface area contributed by atoms with Crippen molar-refractivity contribution in [3.8, 4) is 22.9 Å². The van der Waals surface area contributed by atoms with Crippen molar-refractivity contribution in [1.82, 2.24) is 9.55 Å². The van der Waals surface area contributed by atoms with Crippen LogP contribution in [0.4, 0.5) is 4.39 Å². The number of hydrogen-bond acceptors (Lipinski definition) is 4. The average Bonchev–Trinajstić information content (AvgIpc) is 3.11. The zero-order valence-corrected chi connectivity index (χ0v) is 14.8. The van der Waals surface area contributed by atoms with Crippen LogP contribution < -0.4 is 9.47 Å². The third kappa shape index (κ3) is 2.70. The first-order valence-corrected chi connectivity index (χ1v) is 8.88. The lowest BCUT2D eigenvalue weighted by Gasteiger charge is -2.18. The van der Waals surface area contributed by atoms with Crippen molar-refractivity contribution >= 4 is 16.9 Å². The Labute approximate surface area is 160 Å². The molecule has 28 heavy (non-hydrogen) atoms. The molecule has 0 bridgehead atoms. The van der Waals surface area contributed by atoms with Crippen molar-refractivity contribution < 1.29 is 18.7 Å². The summed E-state index contributed by atoms with van der Waals surface area (Å²) in [4.78, 5) is 18.0. The predicted octanol–water partition coefficient (Wildman–Crippen LogP) is 4.30. The van der Waals surface area contributed by atoms with E-state index in [0.29, 0.717) is 52.7 Å². The van der Waals surface area contributed by atoms with E-state index in [-0.39, 0.29) is 11.7 Å². The molecule has 0 amide bonds. The van der Waals surface area contributed by atoms with E-state index in [1.807, 2.05) is 18.2 Å². The number of halogens is 1. The standard InChI is InChI=1S/C22H15FN2O3/c23-16-8-6-14(7-9-16)21-24-17-12-19-20(28-11-10-27-19)13-18(17)25(21)22(26)15-4-2-1-3-5-15/h1-9,12-13H,10-11H2. The van der Waals surface area contributed by atoms with Crippen LogP contribution in [-0.2, 0) is 0 Å². The molecule has 0 fully saturated rings. The van der Waals surface area contributed by atoms with Crippen LogP contribution in [0.25, 0.3) is 22.4 Å². The van der Waals surface area contributed by atoms with Crippen molar-refractivity contribution in [3.05, 3.63) is 78.1 Å². The highest BCUT2D eigenvalue weighted by molar-refractivity contribution is 6.04. The van der Waals surface area contributed by atoms with E-state index in [2.05, 4.69) is 4.98 Å². The van der Waals surface area contributed by atoms with Gasteiger partial charge in [-0.25, -0.2) is 9.37 Å². The number of ether oxygens (including phenoxy) is 2. The molecule has 5 nitrogen and oxygen atoms in total. The molecule has 0 saturated carbocycles. The first-order valence-electron chi connectivity index (χ1n) is 8.88. The number of nitrogens with zero attached hydrogens (tertiary/aromatic N) is 2. The van der Waals surface area contributed by atoms with E-state index in [1.165, 1.54) is 16.7 Å². The molecule has 1 aromatic heterocycles. The summed E-state index contributed by atoms with van der Waals surface area (Å²) in [6.07, 6.45) is 0. The normalized spacial score (nSPS) is 12.9. The van der Waals surface area contributed by atoms with E-state index in [4.69, 9.17) is 9.47 Å². The lowest BCUT2D eigenvalue weighted by Crippen LogP contribution is -2.16. The van der Waals surface area contributed by atoms with E-state index < -0.39 is 0 Å². The van der Waals surface area contributed by atoms with Crippen LogP contribution in [0.5, 0.6) is 11.5 Å². The highest BCUT2D eigenvalue weighted by atomic mass is 19.1.